The van der Waals surface area contributed by atoms with E-state index in [0.717, 1.165) is 19.4 Å². The number of carbonyl (C=O) groups is 1. The summed E-state index contributed by atoms with van der Waals surface area (Å²) in [4.78, 5) is 25.5. The molecule has 0 spiro atoms. The number of carboxylic acid groups (broad SMARTS) is 1. The van der Waals surface area contributed by atoms with Gasteiger partial charge in [-0.1, -0.05) is 6.42 Å². The van der Waals surface area contributed by atoms with Gasteiger partial charge in [-0.2, -0.15) is 0 Å². The zero-order chi connectivity index (χ0) is 16.4. The second-order valence-electron chi connectivity index (χ2n) is 6.14. The number of aromatic nitrogens is 1. The standard InChI is InChI=1S/C16H24N2O4/c1-10-6-4-5-7-17(10)9-13-15(20)14(19)8-11(2)18(13)12(3)16(21)22/h8,10,12,20H,4-7,9H2,1-3H3,(H,21,22). The number of likely N-dealkylation sites (tertiary alicyclic amines) is 1. The topological polar surface area (TPSA) is 82.8 Å². The van der Waals surface area contributed by atoms with Crippen molar-refractivity contribution in [3.8, 4) is 5.75 Å². The van der Waals surface area contributed by atoms with Gasteiger partial charge in [-0.25, -0.2) is 4.79 Å². The Balaban J connectivity index is 2.47. The Morgan fingerprint density at radius 2 is 2.14 bits per heavy atom. The highest BCUT2D eigenvalue weighted by Gasteiger charge is 2.25. The van der Waals surface area contributed by atoms with Crippen LogP contribution in [0.5, 0.6) is 5.75 Å². The van der Waals surface area contributed by atoms with E-state index in [1.807, 2.05) is 0 Å². The molecule has 1 saturated heterocycles. The van der Waals surface area contributed by atoms with Gasteiger partial charge in [-0.3, -0.25) is 9.69 Å². The summed E-state index contributed by atoms with van der Waals surface area (Å²) in [5, 5.41) is 19.5. The maximum absolute atomic E-state index is 11.9. The van der Waals surface area contributed by atoms with Crippen molar-refractivity contribution in [2.75, 3.05) is 6.54 Å². The first-order valence-corrected chi connectivity index (χ1v) is 7.73. The van der Waals surface area contributed by atoms with E-state index >= 15 is 0 Å². The fourth-order valence-corrected chi connectivity index (χ4v) is 3.18. The lowest BCUT2D eigenvalue weighted by molar-refractivity contribution is -0.140. The van der Waals surface area contributed by atoms with Gasteiger partial charge in [-0.05, 0) is 40.2 Å². The third-order valence-corrected chi connectivity index (χ3v) is 4.56. The Morgan fingerprint density at radius 3 is 2.73 bits per heavy atom. The first-order chi connectivity index (χ1) is 10.3. The van der Waals surface area contributed by atoms with Gasteiger partial charge in [0, 0.05) is 24.3 Å². The van der Waals surface area contributed by atoms with Gasteiger partial charge < -0.3 is 14.8 Å². The number of rotatable bonds is 4. The third kappa shape index (κ3) is 3.16. The molecule has 1 aliphatic heterocycles. The molecule has 1 aromatic rings. The smallest absolute Gasteiger partial charge is 0.326 e. The summed E-state index contributed by atoms with van der Waals surface area (Å²) in [6, 6.07) is 0.816. The first kappa shape index (κ1) is 16.5. The highest BCUT2D eigenvalue weighted by Crippen LogP contribution is 2.25. The lowest BCUT2D eigenvalue weighted by Gasteiger charge is -2.34. The molecule has 0 aliphatic carbocycles. The monoisotopic (exact) mass is 308 g/mol. The number of piperidine rings is 1. The van der Waals surface area contributed by atoms with E-state index in [1.54, 1.807) is 18.4 Å². The third-order valence-electron chi connectivity index (χ3n) is 4.56. The van der Waals surface area contributed by atoms with Crippen LogP contribution in [-0.2, 0) is 11.3 Å². The van der Waals surface area contributed by atoms with Crippen LogP contribution in [0.3, 0.4) is 0 Å². The van der Waals surface area contributed by atoms with Crippen LogP contribution in [0.2, 0.25) is 0 Å². The van der Waals surface area contributed by atoms with Crippen molar-refractivity contribution < 1.29 is 15.0 Å². The number of hydrogen-bond acceptors (Lipinski definition) is 4. The fourth-order valence-electron chi connectivity index (χ4n) is 3.18. The molecule has 22 heavy (non-hydrogen) atoms. The largest absolute Gasteiger partial charge is 0.503 e. The van der Waals surface area contributed by atoms with Crippen molar-refractivity contribution in [2.24, 2.45) is 0 Å². The van der Waals surface area contributed by atoms with Crippen molar-refractivity contribution in [3.63, 3.8) is 0 Å². The molecule has 122 valence electrons. The Labute approximate surface area is 130 Å². The first-order valence-electron chi connectivity index (χ1n) is 7.73. The molecule has 0 aromatic carbocycles. The molecule has 0 bridgehead atoms. The Hall–Kier alpha value is -1.82. The van der Waals surface area contributed by atoms with Gasteiger partial charge >= 0.3 is 5.97 Å². The van der Waals surface area contributed by atoms with Crippen LogP contribution in [0.25, 0.3) is 0 Å². The average Bonchev–Trinajstić information content (AvgIpc) is 2.46. The molecule has 0 radical (unpaired) electrons. The molecule has 1 aromatic heterocycles. The minimum absolute atomic E-state index is 0.337. The molecule has 0 saturated carbocycles. The highest BCUT2D eigenvalue weighted by atomic mass is 16.4. The molecule has 2 atom stereocenters. The van der Waals surface area contributed by atoms with Crippen molar-refractivity contribution >= 4 is 5.97 Å². The minimum Gasteiger partial charge on any atom is -0.503 e. The summed E-state index contributed by atoms with van der Waals surface area (Å²) in [5.41, 5.74) is 0.497. The van der Waals surface area contributed by atoms with E-state index in [9.17, 15) is 19.8 Å². The predicted molar refractivity (Wildman–Crippen MR) is 83.2 cm³/mol. The van der Waals surface area contributed by atoms with Gasteiger partial charge in [0.05, 0.1) is 5.69 Å². The Kier molecular flexibility index (Phi) is 4.90. The zero-order valence-electron chi connectivity index (χ0n) is 13.4. The van der Waals surface area contributed by atoms with Crippen molar-refractivity contribution in [1.29, 1.82) is 0 Å². The lowest BCUT2D eigenvalue weighted by Crippen LogP contribution is -2.38. The molecule has 2 heterocycles. The SMILES string of the molecule is Cc1cc(=O)c(O)c(CN2CCCCC2C)n1C(C)C(=O)O. The number of aryl methyl sites for hydroxylation is 1. The zero-order valence-corrected chi connectivity index (χ0v) is 13.4. The van der Waals surface area contributed by atoms with Gasteiger partial charge in [0.2, 0.25) is 5.43 Å². The maximum atomic E-state index is 11.9. The van der Waals surface area contributed by atoms with E-state index < -0.39 is 17.4 Å². The summed E-state index contributed by atoms with van der Waals surface area (Å²) >= 11 is 0. The van der Waals surface area contributed by atoms with E-state index in [-0.39, 0.29) is 5.75 Å². The molecule has 6 heteroatoms. The molecule has 2 N–H and O–H groups in total. The predicted octanol–water partition coefficient (Wildman–Crippen LogP) is 1.88. The van der Waals surface area contributed by atoms with E-state index in [1.165, 1.54) is 12.5 Å². The van der Waals surface area contributed by atoms with Gasteiger partial charge in [0.25, 0.3) is 0 Å². The molecule has 6 nitrogen and oxygen atoms in total. The maximum Gasteiger partial charge on any atom is 0.326 e. The molecular formula is C16H24N2O4. The second-order valence-corrected chi connectivity index (χ2v) is 6.14. The molecule has 1 fully saturated rings. The van der Waals surface area contributed by atoms with Crippen LogP contribution < -0.4 is 5.43 Å². The molecule has 0 amide bonds. The summed E-state index contributed by atoms with van der Waals surface area (Å²) in [5.74, 6) is -1.32. The second kappa shape index (κ2) is 6.52. The van der Waals surface area contributed by atoms with E-state index in [0.29, 0.717) is 24.0 Å². The minimum atomic E-state index is -0.987. The van der Waals surface area contributed by atoms with Crippen LogP contribution in [0.1, 0.15) is 50.5 Å². The Bertz CT molecular complexity index is 623. The van der Waals surface area contributed by atoms with Crippen LogP contribution >= 0.6 is 0 Å². The van der Waals surface area contributed by atoms with Crippen LogP contribution in [0.15, 0.2) is 10.9 Å². The van der Waals surface area contributed by atoms with E-state index in [4.69, 9.17) is 0 Å². The van der Waals surface area contributed by atoms with Gasteiger partial charge in [-0.15, -0.1) is 0 Å². The van der Waals surface area contributed by atoms with E-state index in [2.05, 4.69) is 11.8 Å². The van der Waals surface area contributed by atoms with Crippen molar-refractivity contribution in [2.45, 2.75) is 58.7 Å². The van der Waals surface area contributed by atoms with Crippen molar-refractivity contribution in [1.82, 2.24) is 9.47 Å². The molecule has 1 aliphatic rings. The van der Waals surface area contributed by atoms with Crippen molar-refractivity contribution in [3.05, 3.63) is 27.7 Å². The number of carboxylic acids is 1. The van der Waals surface area contributed by atoms with Gasteiger partial charge in [0.15, 0.2) is 5.75 Å². The quantitative estimate of drug-likeness (QED) is 0.887. The fraction of sp³-hybridized carbons (Fsp3) is 0.625. The lowest BCUT2D eigenvalue weighted by atomic mass is 10.0. The number of pyridine rings is 1. The van der Waals surface area contributed by atoms with Crippen LogP contribution in [-0.4, -0.2) is 38.2 Å². The number of aromatic hydroxyl groups is 1. The van der Waals surface area contributed by atoms with Crippen LogP contribution in [0.4, 0.5) is 0 Å². The summed E-state index contributed by atoms with van der Waals surface area (Å²) in [6.07, 6.45) is 3.33. The highest BCUT2D eigenvalue weighted by molar-refractivity contribution is 5.71. The average molecular weight is 308 g/mol. The number of aliphatic carboxylic acids is 1. The molecule has 2 unspecified atom stereocenters. The van der Waals surface area contributed by atoms with Gasteiger partial charge in [0.1, 0.15) is 6.04 Å². The normalized spacial score (nSPS) is 20.8. The summed E-state index contributed by atoms with van der Waals surface area (Å²) in [6.45, 7) is 6.66. The molecular weight excluding hydrogens is 284 g/mol. The Morgan fingerprint density at radius 1 is 1.45 bits per heavy atom. The summed E-state index contributed by atoms with van der Waals surface area (Å²) < 4.78 is 1.56. The molecule has 2 rings (SSSR count). The van der Waals surface area contributed by atoms with Crippen LogP contribution in [0, 0.1) is 6.92 Å². The number of nitrogens with zero attached hydrogens (tertiary/aromatic N) is 2. The summed E-state index contributed by atoms with van der Waals surface area (Å²) in [7, 11) is 0. The number of hydrogen-bond donors (Lipinski definition) is 2.